The molecule has 1 aliphatic heterocycles. The van der Waals surface area contributed by atoms with E-state index in [1.54, 1.807) is 0 Å². The van der Waals surface area contributed by atoms with Crippen molar-refractivity contribution in [1.82, 2.24) is 5.32 Å². The first-order valence-electron chi connectivity index (χ1n) is 7.64. The molecule has 0 radical (unpaired) electrons. The van der Waals surface area contributed by atoms with Crippen molar-refractivity contribution in [2.75, 3.05) is 36.4 Å². The highest BCUT2D eigenvalue weighted by Crippen LogP contribution is 2.24. The minimum absolute atomic E-state index is 0.736. The lowest BCUT2D eigenvalue weighted by Gasteiger charge is -2.30. The Morgan fingerprint density at radius 2 is 1.86 bits per heavy atom. The summed E-state index contributed by atoms with van der Waals surface area (Å²) >= 11 is 0. The first kappa shape index (κ1) is 14.4. The molecule has 2 aromatic rings. The summed E-state index contributed by atoms with van der Waals surface area (Å²) in [6, 6.07) is 18.6. The molecule has 0 amide bonds. The van der Waals surface area contributed by atoms with Gasteiger partial charge in [0.2, 0.25) is 0 Å². The van der Waals surface area contributed by atoms with Gasteiger partial charge in [0.15, 0.2) is 0 Å². The Balaban J connectivity index is 1.72. The fourth-order valence-electron chi connectivity index (χ4n) is 2.72. The Hall–Kier alpha value is -2.51. The number of anilines is 2. The number of benzene rings is 2. The molecular weight excluding hydrogens is 272 g/mol. The van der Waals surface area contributed by atoms with Gasteiger partial charge in [0, 0.05) is 38.4 Å². The summed E-state index contributed by atoms with van der Waals surface area (Å²) in [6.45, 7) is 4.60. The Kier molecular flexibility index (Phi) is 4.57. The van der Waals surface area contributed by atoms with Gasteiger partial charge in [-0.2, -0.15) is 5.26 Å². The van der Waals surface area contributed by atoms with Gasteiger partial charge in [-0.15, -0.1) is 0 Å². The molecule has 22 heavy (non-hydrogen) atoms. The highest BCUT2D eigenvalue weighted by Gasteiger charge is 2.14. The van der Waals surface area contributed by atoms with E-state index >= 15 is 0 Å². The van der Waals surface area contributed by atoms with Crippen LogP contribution in [-0.4, -0.2) is 26.2 Å². The van der Waals surface area contributed by atoms with Crippen LogP contribution in [0.3, 0.4) is 0 Å². The molecule has 2 N–H and O–H groups in total. The van der Waals surface area contributed by atoms with Crippen LogP contribution in [0.25, 0.3) is 0 Å². The van der Waals surface area contributed by atoms with Gasteiger partial charge in [0.05, 0.1) is 11.3 Å². The van der Waals surface area contributed by atoms with Gasteiger partial charge in [-0.1, -0.05) is 30.3 Å². The van der Waals surface area contributed by atoms with Crippen LogP contribution < -0.4 is 15.5 Å². The molecule has 4 heteroatoms. The molecule has 1 saturated heterocycles. The van der Waals surface area contributed by atoms with Crippen LogP contribution in [0.4, 0.5) is 11.4 Å². The van der Waals surface area contributed by atoms with Crippen LogP contribution in [0.1, 0.15) is 11.1 Å². The van der Waals surface area contributed by atoms with Crippen molar-refractivity contribution in [2.24, 2.45) is 0 Å². The maximum Gasteiger partial charge on any atom is 0.101 e. The van der Waals surface area contributed by atoms with E-state index in [9.17, 15) is 5.26 Å². The van der Waals surface area contributed by atoms with Gasteiger partial charge in [0.25, 0.3) is 0 Å². The fourth-order valence-corrected chi connectivity index (χ4v) is 2.72. The second-order valence-corrected chi connectivity index (χ2v) is 5.42. The maximum absolute atomic E-state index is 9.44. The summed E-state index contributed by atoms with van der Waals surface area (Å²) in [5.74, 6) is 0. The molecule has 0 saturated carbocycles. The summed E-state index contributed by atoms with van der Waals surface area (Å²) in [5.41, 5.74) is 3.99. The average molecular weight is 292 g/mol. The lowest BCUT2D eigenvalue weighted by molar-refractivity contribution is 0.589. The van der Waals surface area contributed by atoms with Crippen LogP contribution in [0.15, 0.2) is 48.5 Å². The van der Waals surface area contributed by atoms with Gasteiger partial charge in [-0.05, 0) is 23.8 Å². The highest BCUT2D eigenvalue weighted by molar-refractivity contribution is 5.65. The molecule has 1 fully saturated rings. The second-order valence-electron chi connectivity index (χ2n) is 5.42. The first-order chi connectivity index (χ1) is 10.9. The molecule has 0 spiro atoms. The summed E-state index contributed by atoms with van der Waals surface area (Å²) < 4.78 is 0. The van der Waals surface area contributed by atoms with Crippen molar-refractivity contribution >= 4 is 11.4 Å². The number of nitrogens with zero attached hydrogens (tertiary/aromatic N) is 2. The van der Waals surface area contributed by atoms with Crippen LogP contribution in [0.5, 0.6) is 0 Å². The lowest BCUT2D eigenvalue weighted by atomic mass is 10.1. The van der Waals surface area contributed by atoms with Crippen LogP contribution in [0, 0.1) is 11.3 Å². The molecule has 1 aliphatic rings. The third-order valence-electron chi connectivity index (χ3n) is 3.91. The molecule has 1 heterocycles. The third-order valence-corrected chi connectivity index (χ3v) is 3.91. The van der Waals surface area contributed by atoms with Gasteiger partial charge < -0.3 is 15.5 Å². The predicted octanol–water partition coefficient (Wildman–Crippen LogP) is 2.58. The van der Waals surface area contributed by atoms with Gasteiger partial charge in [0.1, 0.15) is 6.07 Å². The quantitative estimate of drug-likeness (QED) is 0.909. The van der Waals surface area contributed by atoms with Crippen molar-refractivity contribution in [3.63, 3.8) is 0 Å². The summed E-state index contributed by atoms with van der Waals surface area (Å²) in [4.78, 5) is 2.27. The Labute approximate surface area is 131 Å². The van der Waals surface area contributed by atoms with Crippen molar-refractivity contribution < 1.29 is 0 Å². The van der Waals surface area contributed by atoms with E-state index in [2.05, 4.69) is 45.9 Å². The molecule has 112 valence electrons. The minimum atomic E-state index is 0.736. The van der Waals surface area contributed by atoms with E-state index in [-0.39, 0.29) is 0 Å². The standard InChI is InChI=1S/C18H20N4/c19-13-16-12-17(21-14-15-4-2-1-3-5-15)6-7-18(16)22-10-8-20-9-11-22/h1-7,12,20-21H,8-11,14H2. The van der Waals surface area contributed by atoms with Crippen molar-refractivity contribution in [2.45, 2.75) is 6.54 Å². The molecule has 0 unspecified atom stereocenters. The Morgan fingerprint density at radius 3 is 2.59 bits per heavy atom. The minimum Gasteiger partial charge on any atom is -0.381 e. The monoisotopic (exact) mass is 292 g/mol. The van der Waals surface area contributed by atoms with E-state index in [1.165, 1.54) is 5.56 Å². The molecule has 0 atom stereocenters. The van der Waals surface area contributed by atoms with Crippen LogP contribution in [0.2, 0.25) is 0 Å². The Bertz CT molecular complexity index is 655. The van der Waals surface area contributed by atoms with Crippen molar-refractivity contribution in [3.8, 4) is 6.07 Å². The van der Waals surface area contributed by atoms with Gasteiger partial charge in [-0.3, -0.25) is 0 Å². The number of piperazine rings is 1. The normalized spacial score (nSPS) is 14.4. The third kappa shape index (κ3) is 3.38. The van der Waals surface area contributed by atoms with Gasteiger partial charge >= 0.3 is 0 Å². The molecule has 2 aromatic carbocycles. The van der Waals surface area contributed by atoms with E-state index in [4.69, 9.17) is 0 Å². The lowest BCUT2D eigenvalue weighted by Crippen LogP contribution is -2.43. The number of nitriles is 1. The highest BCUT2D eigenvalue weighted by atomic mass is 15.2. The van der Waals surface area contributed by atoms with E-state index in [0.717, 1.165) is 49.7 Å². The summed E-state index contributed by atoms with van der Waals surface area (Å²) in [7, 11) is 0. The molecule has 3 rings (SSSR count). The molecule has 0 aromatic heterocycles. The van der Waals surface area contributed by atoms with Crippen LogP contribution in [-0.2, 0) is 6.54 Å². The zero-order valence-corrected chi connectivity index (χ0v) is 12.5. The number of hydrogen-bond acceptors (Lipinski definition) is 4. The average Bonchev–Trinajstić information content (AvgIpc) is 2.61. The summed E-state index contributed by atoms with van der Waals surface area (Å²) in [6.07, 6.45) is 0. The van der Waals surface area contributed by atoms with E-state index in [0.29, 0.717) is 0 Å². The molecule has 0 bridgehead atoms. The smallest absolute Gasteiger partial charge is 0.101 e. The number of nitrogens with one attached hydrogen (secondary N) is 2. The predicted molar refractivity (Wildman–Crippen MR) is 90.0 cm³/mol. The molecular formula is C18H20N4. The Morgan fingerprint density at radius 1 is 1.09 bits per heavy atom. The number of rotatable bonds is 4. The fraction of sp³-hybridized carbons (Fsp3) is 0.278. The van der Waals surface area contributed by atoms with Crippen molar-refractivity contribution in [1.29, 1.82) is 5.26 Å². The zero-order chi connectivity index (χ0) is 15.2. The second kappa shape index (κ2) is 6.97. The van der Waals surface area contributed by atoms with Crippen molar-refractivity contribution in [3.05, 3.63) is 59.7 Å². The topological polar surface area (TPSA) is 51.1 Å². The number of hydrogen-bond donors (Lipinski definition) is 2. The first-order valence-corrected chi connectivity index (χ1v) is 7.64. The zero-order valence-electron chi connectivity index (χ0n) is 12.5. The SMILES string of the molecule is N#Cc1cc(NCc2ccccc2)ccc1N1CCNCC1. The maximum atomic E-state index is 9.44. The van der Waals surface area contributed by atoms with E-state index < -0.39 is 0 Å². The van der Waals surface area contributed by atoms with E-state index in [1.807, 2.05) is 24.3 Å². The molecule has 0 aliphatic carbocycles. The molecule has 4 nitrogen and oxygen atoms in total. The largest absolute Gasteiger partial charge is 0.381 e. The summed E-state index contributed by atoms with van der Waals surface area (Å²) in [5, 5.41) is 16.2. The van der Waals surface area contributed by atoms with Gasteiger partial charge in [-0.25, -0.2) is 0 Å². The van der Waals surface area contributed by atoms with Crippen LogP contribution >= 0.6 is 0 Å².